The lowest BCUT2D eigenvalue weighted by atomic mass is 10.0. The average molecular weight is 416 g/mol. The van der Waals surface area contributed by atoms with Gasteiger partial charge in [0.1, 0.15) is 12.4 Å². The van der Waals surface area contributed by atoms with Crippen LogP contribution in [0, 0.1) is 12.3 Å². The molecule has 0 bridgehead atoms. The molecule has 0 radical (unpaired) electrons. The van der Waals surface area contributed by atoms with Gasteiger partial charge >= 0.3 is 0 Å². The van der Waals surface area contributed by atoms with Crippen LogP contribution in [0.25, 0.3) is 22.4 Å². The second-order valence-electron chi connectivity index (χ2n) is 6.86. The summed E-state index contributed by atoms with van der Waals surface area (Å²) in [6.07, 6.45) is 1.72. The normalized spacial score (nSPS) is 10.6. The minimum Gasteiger partial charge on any atom is -0.472 e. The molecule has 30 heavy (non-hydrogen) atoms. The van der Waals surface area contributed by atoms with Crippen molar-refractivity contribution in [3.8, 4) is 28.3 Å². The Morgan fingerprint density at radius 3 is 2.60 bits per heavy atom. The maximum atomic E-state index is 7.47. The Balaban J connectivity index is 1.48. The molecule has 0 aliphatic heterocycles. The Kier molecular flexibility index (Phi) is 5.81. The van der Waals surface area contributed by atoms with Gasteiger partial charge in [-0.2, -0.15) is 0 Å². The van der Waals surface area contributed by atoms with Gasteiger partial charge in [-0.1, -0.05) is 30.3 Å². The molecule has 0 spiro atoms. The zero-order chi connectivity index (χ0) is 20.9. The maximum absolute atomic E-state index is 7.47. The number of aryl methyl sites for hydroxylation is 1. The number of benzene rings is 1. The number of aromatic nitrogens is 3. The molecule has 4 aromatic rings. The molecule has 4 rings (SSSR count). The van der Waals surface area contributed by atoms with E-state index in [2.05, 4.69) is 44.5 Å². The van der Waals surface area contributed by atoms with Crippen LogP contribution >= 0.6 is 11.3 Å². The first-order valence-corrected chi connectivity index (χ1v) is 10.3. The van der Waals surface area contributed by atoms with Crippen LogP contribution in [-0.2, 0) is 0 Å². The van der Waals surface area contributed by atoms with Gasteiger partial charge < -0.3 is 15.5 Å². The second-order valence-corrected chi connectivity index (χ2v) is 7.71. The predicted octanol–water partition coefficient (Wildman–Crippen LogP) is 5.74. The van der Waals surface area contributed by atoms with Gasteiger partial charge in [0.05, 0.1) is 5.69 Å². The smallest absolute Gasteiger partial charge is 0.214 e. The van der Waals surface area contributed by atoms with Crippen LogP contribution in [0.15, 0.2) is 66.2 Å². The van der Waals surface area contributed by atoms with E-state index in [0.29, 0.717) is 11.6 Å². The van der Waals surface area contributed by atoms with Crippen molar-refractivity contribution in [3.63, 3.8) is 0 Å². The molecule has 150 valence electrons. The van der Waals surface area contributed by atoms with E-state index in [-0.39, 0.29) is 6.61 Å². The SMILES string of the molecule is CC(=N)COc1cc(-c2ccc(-c3csc(Nc4cccc(C)n4)n3)cc2)ccn1. The highest BCUT2D eigenvalue weighted by molar-refractivity contribution is 7.14. The summed E-state index contributed by atoms with van der Waals surface area (Å²) in [6, 6.07) is 17.9. The molecule has 0 amide bonds. The summed E-state index contributed by atoms with van der Waals surface area (Å²) < 4.78 is 5.53. The van der Waals surface area contributed by atoms with Crippen molar-refractivity contribution in [3.05, 3.63) is 71.9 Å². The van der Waals surface area contributed by atoms with Crippen LogP contribution in [0.4, 0.5) is 10.9 Å². The highest BCUT2D eigenvalue weighted by atomic mass is 32.1. The molecule has 0 saturated carbocycles. The molecule has 3 heterocycles. The first-order valence-electron chi connectivity index (χ1n) is 9.47. The van der Waals surface area contributed by atoms with Gasteiger partial charge in [-0.15, -0.1) is 11.3 Å². The molecule has 0 atom stereocenters. The topological polar surface area (TPSA) is 83.8 Å². The zero-order valence-electron chi connectivity index (χ0n) is 16.7. The van der Waals surface area contributed by atoms with Crippen LogP contribution in [0.1, 0.15) is 12.6 Å². The lowest BCUT2D eigenvalue weighted by molar-refractivity contribution is 0.360. The van der Waals surface area contributed by atoms with E-state index in [1.54, 1.807) is 24.5 Å². The predicted molar refractivity (Wildman–Crippen MR) is 122 cm³/mol. The van der Waals surface area contributed by atoms with E-state index >= 15 is 0 Å². The number of hydrogen-bond donors (Lipinski definition) is 2. The monoisotopic (exact) mass is 415 g/mol. The molecule has 0 aliphatic rings. The van der Waals surface area contributed by atoms with E-state index in [1.165, 1.54) is 0 Å². The Morgan fingerprint density at radius 1 is 1.03 bits per heavy atom. The molecule has 2 N–H and O–H groups in total. The van der Waals surface area contributed by atoms with Gasteiger partial charge in [-0.05, 0) is 43.2 Å². The number of nitrogens with zero attached hydrogens (tertiary/aromatic N) is 3. The second kappa shape index (κ2) is 8.84. The first-order chi connectivity index (χ1) is 14.6. The highest BCUT2D eigenvalue weighted by Crippen LogP contribution is 2.29. The molecule has 0 aliphatic carbocycles. The fourth-order valence-corrected chi connectivity index (χ4v) is 3.60. The number of nitrogens with one attached hydrogen (secondary N) is 2. The molecule has 0 saturated heterocycles. The average Bonchev–Trinajstić information content (AvgIpc) is 3.21. The Morgan fingerprint density at radius 2 is 1.83 bits per heavy atom. The number of hydrogen-bond acceptors (Lipinski definition) is 7. The first kappa shape index (κ1) is 19.7. The van der Waals surface area contributed by atoms with E-state index in [9.17, 15) is 0 Å². The number of ether oxygens (including phenoxy) is 1. The summed E-state index contributed by atoms with van der Waals surface area (Å²) in [5, 5.41) is 13.6. The standard InChI is InChI=1S/C23H21N5OS/c1-15(24)13-29-22-12-19(10-11-25-22)17-6-8-18(9-7-17)20-14-30-23(27-20)28-21-5-3-4-16(2)26-21/h3-12,14,24H,13H2,1-2H3,(H,26,27,28). The third-order valence-electron chi connectivity index (χ3n) is 4.31. The Hall–Kier alpha value is -3.58. The lowest BCUT2D eigenvalue weighted by Crippen LogP contribution is -2.06. The van der Waals surface area contributed by atoms with E-state index in [0.717, 1.165) is 39.0 Å². The number of pyridine rings is 2. The third-order valence-corrected chi connectivity index (χ3v) is 5.07. The van der Waals surface area contributed by atoms with E-state index in [1.807, 2.05) is 42.6 Å². The number of rotatable bonds is 7. The van der Waals surface area contributed by atoms with Crippen LogP contribution in [0.3, 0.4) is 0 Å². The summed E-state index contributed by atoms with van der Waals surface area (Å²) in [4.78, 5) is 13.3. The molecular weight excluding hydrogens is 394 g/mol. The third kappa shape index (κ3) is 4.87. The van der Waals surface area contributed by atoms with Gasteiger partial charge in [0.2, 0.25) is 5.88 Å². The van der Waals surface area contributed by atoms with Gasteiger partial charge in [0.15, 0.2) is 5.13 Å². The van der Waals surface area contributed by atoms with Crippen molar-refractivity contribution < 1.29 is 4.74 Å². The Bertz CT molecular complexity index is 1170. The van der Waals surface area contributed by atoms with E-state index in [4.69, 9.17) is 10.1 Å². The number of anilines is 2. The van der Waals surface area contributed by atoms with Crippen LogP contribution < -0.4 is 10.1 Å². The van der Waals surface area contributed by atoms with Crippen LogP contribution in [0.2, 0.25) is 0 Å². The summed E-state index contributed by atoms with van der Waals surface area (Å²) in [5.74, 6) is 1.31. The molecule has 3 aromatic heterocycles. The van der Waals surface area contributed by atoms with Gasteiger partial charge in [-0.3, -0.25) is 0 Å². The molecule has 0 unspecified atom stereocenters. The molecule has 0 fully saturated rings. The largest absolute Gasteiger partial charge is 0.472 e. The zero-order valence-corrected chi connectivity index (χ0v) is 17.5. The summed E-state index contributed by atoms with van der Waals surface area (Å²) in [6.45, 7) is 3.92. The molecular formula is C23H21N5OS. The van der Waals surface area contributed by atoms with Crippen molar-refractivity contribution in [2.24, 2.45) is 0 Å². The highest BCUT2D eigenvalue weighted by Gasteiger charge is 2.07. The minimum atomic E-state index is 0.244. The molecule has 1 aromatic carbocycles. The van der Waals surface area contributed by atoms with Crippen molar-refractivity contribution in [2.75, 3.05) is 11.9 Å². The van der Waals surface area contributed by atoms with Crippen molar-refractivity contribution in [1.29, 1.82) is 5.41 Å². The fraction of sp³-hybridized carbons (Fsp3) is 0.130. The van der Waals surface area contributed by atoms with Crippen molar-refractivity contribution in [2.45, 2.75) is 13.8 Å². The summed E-state index contributed by atoms with van der Waals surface area (Å²) in [5.41, 5.74) is 5.47. The molecule has 7 heteroatoms. The van der Waals surface area contributed by atoms with Crippen molar-refractivity contribution in [1.82, 2.24) is 15.0 Å². The fourth-order valence-electron chi connectivity index (χ4n) is 2.87. The minimum absolute atomic E-state index is 0.244. The lowest BCUT2D eigenvalue weighted by Gasteiger charge is -2.07. The van der Waals surface area contributed by atoms with Crippen LogP contribution in [0.5, 0.6) is 5.88 Å². The summed E-state index contributed by atoms with van der Waals surface area (Å²) in [7, 11) is 0. The maximum Gasteiger partial charge on any atom is 0.214 e. The molecule has 6 nitrogen and oxygen atoms in total. The number of thiazole rings is 1. The van der Waals surface area contributed by atoms with Gasteiger partial charge in [-0.25, -0.2) is 15.0 Å². The van der Waals surface area contributed by atoms with Gasteiger partial charge in [0.25, 0.3) is 0 Å². The van der Waals surface area contributed by atoms with E-state index < -0.39 is 0 Å². The summed E-state index contributed by atoms with van der Waals surface area (Å²) >= 11 is 1.55. The quantitative estimate of drug-likeness (QED) is 0.376. The Labute approximate surface area is 179 Å². The van der Waals surface area contributed by atoms with Gasteiger partial charge in [0, 0.05) is 34.6 Å². The van der Waals surface area contributed by atoms with Crippen LogP contribution in [-0.4, -0.2) is 27.3 Å². The van der Waals surface area contributed by atoms with Crippen molar-refractivity contribution >= 4 is 28.0 Å².